The number of nitrogens with zero attached hydrogens (tertiary/aromatic N) is 2. The number of rotatable bonds is 9. The van der Waals surface area contributed by atoms with E-state index >= 15 is 0 Å². The Bertz CT molecular complexity index is 509. The molecule has 0 aromatic carbocycles. The summed E-state index contributed by atoms with van der Waals surface area (Å²) in [6.45, 7) is 24.9. The Balaban J connectivity index is 5.64. The second-order valence-corrected chi connectivity index (χ2v) is 9.40. The first kappa shape index (κ1) is 24.9. The largest absolute Gasteiger partial charge is 0.396 e. The van der Waals surface area contributed by atoms with E-state index in [-0.39, 0.29) is 17.6 Å². The lowest BCUT2D eigenvalue weighted by Crippen LogP contribution is -2.57. The van der Waals surface area contributed by atoms with E-state index in [1.54, 1.807) is 0 Å². The molecule has 26 heavy (non-hydrogen) atoms. The maximum Gasteiger partial charge on any atom is 0.102 e. The van der Waals surface area contributed by atoms with Gasteiger partial charge >= 0.3 is 0 Å². The van der Waals surface area contributed by atoms with Crippen LogP contribution in [-0.2, 0) is 0 Å². The van der Waals surface area contributed by atoms with Crippen molar-refractivity contribution in [2.45, 2.75) is 80.7 Å². The topological polar surface area (TPSA) is 35.8 Å². The lowest BCUT2D eigenvalue weighted by atomic mass is 9.71. The molecule has 0 saturated heterocycles. The maximum absolute atomic E-state index is 9.65. The minimum Gasteiger partial charge on any atom is -0.396 e. The van der Waals surface area contributed by atoms with Gasteiger partial charge in [-0.05, 0) is 49.2 Å². The summed E-state index contributed by atoms with van der Waals surface area (Å²) in [4.78, 5) is 7.27. The number of allylic oxidation sites excluding steroid dienone is 1. The molecule has 3 nitrogen and oxygen atoms in total. The first-order valence-corrected chi connectivity index (χ1v) is 10.0. The second-order valence-electron chi connectivity index (χ2n) is 9.40. The first-order valence-electron chi connectivity index (χ1n) is 10.0. The number of hydrogen-bond acceptors (Lipinski definition) is 2. The van der Waals surface area contributed by atoms with E-state index < -0.39 is 0 Å². The molecule has 0 aromatic heterocycles. The fourth-order valence-electron chi connectivity index (χ4n) is 3.38. The maximum atomic E-state index is 9.65. The van der Waals surface area contributed by atoms with Crippen LogP contribution in [0.3, 0.4) is 0 Å². The van der Waals surface area contributed by atoms with Crippen LogP contribution in [0.15, 0.2) is 28.8 Å². The molecule has 1 atom stereocenters. The molecular formula is C23H44N2O. The smallest absolute Gasteiger partial charge is 0.102 e. The van der Waals surface area contributed by atoms with Crippen molar-refractivity contribution in [1.29, 1.82) is 0 Å². The van der Waals surface area contributed by atoms with Gasteiger partial charge in [-0.15, -0.1) is 0 Å². The lowest BCUT2D eigenvalue weighted by Gasteiger charge is -2.50. The van der Waals surface area contributed by atoms with Crippen LogP contribution < -0.4 is 0 Å². The Labute approximate surface area is 163 Å². The van der Waals surface area contributed by atoms with E-state index in [0.717, 1.165) is 17.8 Å². The Hall–Kier alpha value is -1.09. The Kier molecular flexibility index (Phi) is 9.87. The highest BCUT2D eigenvalue weighted by molar-refractivity contribution is 5.85. The molecule has 3 heteroatoms. The van der Waals surface area contributed by atoms with E-state index in [2.05, 4.69) is 86.9 Å². The van der Waals surface area contributed by atoms with Crippen molar-refractivity contribution in [3.63, 3.8) is 0 Å². The van der Waals surface area contributed by atoms with Gasteiger partial charge in [0.15, 0.2) is 0 Å². The van der Waals surface area contributed by atoms with Gasteiger partial charge in [-0.3, -0.25) is 4.99 Å². The molecular weight excluding hydrogens is 320 g/mol. The molecule has 0 aromatic rings. The van der Waals surface area contributed by atoms with E-state index in [4.69, 9.17) is 4.99 Å². The van der Waals surface area contributed by atoms with Crippen LogP contribution in [-0.4, -0.2) is 41.6 Å². The quantitative estimate of drug-likeness (QED) is 0.323. The average Bonchev–Trinajstić information content (AvgIpc) is 2.50. The van der Waals surface area contributed by atoms with Crippen molar-refractivity contribution in [2.24, 2.45) is 22.2 Å². The summed E-state index contributed by atoms with van der Waals surface area (Å²) in [6.07, 6.45) is 3.93. The van der Waals surface area contributed by atoms with Gasteiger partial charge in [0.1, 0.15) is 5.84 Å². The highest BCUT2D eigenvalue weighted by Crippen LogP contribution is 2.38. The Morgan fingerprint density at radius 2 is 1.69 bits per heavy atom. The van der Waals surface area contributed by atoms with Gasteiger partial charge < -0.3 is 10.0 Å². The SMILES string of the molecule is C=C(C/N=C(/C(C)C)N(C)C(C)(CCO)C(C)(C)C)/C(=C\C)CC(C)C. The zero-order valence-corrected chi connectivity index (χ0v) is 19.1. The van der Waals surface area contributed by atoms with Gasteiger partial charge in [0.05, 0.1) is 6.54 Å². The van der Waals surface area contributed by atoms with Crippen molar-refractivity contribution < 1.29 is 5.11 Å². The van der Waals surface area contributed by atoms with Crippen molar-refractivity contribution in [3.05, 3.63) is 23.8 Å². The van der Waals surface area contributed by atoms with E-state index in [1.165, 1.54) is 5.57 Å². The van der Waals surface area contributed by atoms with Gasteiger partial charge in [0.25, 0.3) is 0 Å². The molecule has 0 heterocycles. The molecule has 0 aliphatic heterocycles. The number of hydrogen-bond donors (Lipinski definition) is 1. The van der Waals surface area contributed by atoms with Crippen LogP contribution in [0.5, 0.6) is 0 Å². The molecule has 0 radical (unpaired) electrons. The summed E-state index contributed by atoms with van der Waals surface area (Å²) in [5.41, 5.74) is 2.26. The standard InChI is InChI=1S/C23H44N2O/c1-12-20(15-17(2)3)19(6)16-24-21(18(4)5)25(11)23(10,13-14-26)22(7,8)9/h12,17-18,26H,6,13-16H2,1-5,7-11H3/b20-12-,24-21-. The third-order valence-electron chi connectivity index (χ3n) is 5.68. The third kappa shape index (κ3) is 6.57. The van der Waals surface area contributed by atoms with Crippen LogP contribution in [0.25, 0.3) is 0 Å². The summed E-state index contributed by atoms with van der Waals surface area (Å²) >= 11 is 0. The number of aliphatic imine (C=N–C) groups is 1. The molecule has 0 amide bonds. The van der Waals surface area contributed by atoms with Crippen molar-refractivity contribution in [3.8, 4) is 0 Å². The van der Waals surface area contributed by atoms with Crippen molar-refractivity contribution in [2.75, 3.05) is 20.2 Å². The Morgan fingerprint density at radius 3 is 2.04 bits per heavy atom. The average molecular weight is 365 g/mol. The molecule has 0 rings (SSSR count). The highest BCUT2D eigenvalue weighted by atomic mass is 16.3. The van der Waals surface area contributed by atoms with Crippen molar-refractivity contribution in [1.82, 2.24) is 4.90 Å². The summed E-state index contributed by atoms with van der Waals surface area (Å²) in [5, 5.41) is 9.65. The zero-order valence-electron chi connectivity index (χ0n) is 19.1. The molecule has 0 aliphatic rings. The number of aliphatic hydroxyl groups is 1. The molecule has 0 aliphatic carbocycles. The number of aliphatic hydroxyl groups excluding tert-OH is 1. The highest BCUT2D eigenvalue weighted by Gasteiger charge is 2.42. The molecule has 0 saturated carbocycles. The van der Waals surface area contributed by atoms with Crippen LogP contribution in [0.4, 0.5) is 0 Å². The lowest BCUT2D eigenvalue weighted by molar-refractivity contribution is 0.0476. The molecule has 0 bridgehead atoms. The van der Waals surface area contributed by atoms with Crippen LogP contribution >= 0.6 is 0 Å². The molecule has 0 fully saturated rings. The molecule has 1 unspecified atom stereocenters. The van der Waals surface area contributed by atoms with Crippen LogP contribution in [0.1, 0.15) is 75.2 Å². The van der Waals surface area contributed by atoms with Crippen molar-refractivity contribution >= 4 is 5.84 Å². The van der Waals surface area contributed by atoms with Gasteiger partial charge in [0.2, 0.25) is 0 Å². The van der Waals surface area contributed by atoms with Gasteiger partial charge in [-0.25, -0.2) is 0 Å². The fraction of sp³-hybridized carbons (Fsp3) is 0.783. The third-order valence-corrected chi connectivity index (χ3v) is 5.68. The van der Waals surface area contributed by atoms with E-state index in [9.17, 15) is 5.11 Å². The summed E-state index contributed by atoms with van der Waals surface area (Å²) in [6, 6.07) is 0. The van der Waals surface area contributed by atoms with Gasteiger partial charge in [-0.1, -0.05) is 61.1 Å². The van der Waals surface area contributed by atoms with Gasteiger partial charge in [-0.2, -0.15) is 0 Å². The molecule has 0 spiro atoms. The van der Waals surface area contributed by atoms with Crippen LogP contribution in [0, 0.1) is 17.3 Å². The monoisotopic (exact) mass is 364 g/mol. The predicted molar refractivity (Wildman–Crippen MR) is 117 cm³/mol. The fourth-order valence-corrected chi connectivity index (χ4v) is 3.38. The summed E-state index contributed by atoms with van der Waals surface area (Å²) < 4.78 is 0. The molecule has 152 valence electrons. The first-order chi connectivity index (χ1) is 11.8. The van der Waals surface area contributed by atoms with E-state index in [1.807, 2.05) is 0 Å². The predicted octanol–water partition coefficient (Wildman–Crippen LogP) is 5.71. The van der Waals surface area contributed by atoms with Crippen LogP contribution in [0.2, 0.25) is 0 Å². The zero-order chi connectivity index (χ0) is 20.7. The molecule has 1 N–H and O–H groups in total. The van der Waals surface area contributed by atoms with Gasteiger partial charge in [0, 0.05) is 25.1 Å². The normalized spacial score (nSPS) is 16.2. The minimum absolute atomic E-state index is 0.0171. The minimum atomic E-state index is -0.173. The second kappa shape index (κ2) is 10.3. The Morgan fingerprint density at radius 1 is 1.15 bits per heavy atom. The summed E-state index contributed by atoms with van der Waals surface area (Å²) in [7, 11) is 2.12. The summed E-state index contributed by atoms with van der Waals surface area (Å²) in [5.74, 6) is 2.01. The number of amidine groups is 1. The van der Waals surface area contributed by atoms with E-state index in [0.29, 0.717) is 24.8 Å².